The van der Waals surface area contributed by atoms with E-state index in [4.69, 9.17) is 11.6 Å². The Balaban J connectivity index is 1.91. The van der Waals surface area contributed by atoms with E-state index in [0.717, 1.165) is 29.5 Å². The molecule has 2 aromatic carbocycles. The highest BCUT2D eigenvalue weighted by molar-refractivity contribution is 6.33. The standard InChI is InChI=1S/C15H15ClN2/c1-17-13-7-6-11-9-18(10-12(11)8-13)15-5-3-2-4-14(15)16/h2-8,17H,9-10H2,1H3. The third kappa shape index (κ3) is 1.93. The van der Waals surface area contributed by atoms with E-state index in [2.05, 4.69) is 34.5 Å². The van der Waals surface area contributed by atoms with Crippen LogP contribution in [0.2, 0.25) is 5.02 Å². The van der Waals surface area contributed by atoms with Crippen LogP contribution in [0.3, 0.4) is 0 Å². The molecule has 0 fully saturated rings. The molecule has 0 unspecified atom stereocenters. The molecular formula is C15H15ClN2. The molecule has 0 amide bonds. The molecule has 0 atom stereocenters. The molecule has 1 aliphatic heterocycles. The van der Waals surface area contributed by atoms with Crippen molar-refractivity contribution >= 4 is 23.0 Å². The number of anilines is 2. The van der Waals surface area contributed by atoms with E-state index in [9.17, 15) is 0 Å². The lowest BCUT2D eigenvalue weighted by molar-refractivity contribution is 0.881. The summed E-state index contributed by atoms with van der Waals surface area (Å²) >= 11 is 6.25. The second kappa shape index (κ2) is 4.54. The van der Waals surface area contributed by atoms with Crippen LogP contribution in [0.1, 0.15) is 11.1 Å². The molecule has 3 heteroatoms. The largest absolute Gasteiger partial charge is 0.388 e. The summed E-state index contributed by atoms with van der Waals surface area (Å²) in [6, 6.07) is 14.5. The summed E-state index contributed by atoms with van der Waals surface area (Å²) < 4.78 is 0. The van der Waals surface area contributed by atoms with Crippen LogP contribution < -0.4 is 10.2 Å². The van der Waals surface area contributed by atoms with Gasteiger partial charge in [-0.2, -0.15) is 0 Å². The fourth-order valence-corrected chi connectivity index (χ4v) is 2.68. The number of hydrogen-bond acceptors (Lipinski definition) is 2. The lowest BCUT2D eigenvalue weighted by Crippen LogP contribution is -2.14. The van der Waals surface area contributed by atoms with Crippen molar-refractivity contribution in [2.24, 2.45) is 0 Å². The number of hydrogen-bond donors (Lipinski definition) is 1. The van der Waals surface area contributed by atoms with Gasteiger partial charge in [0.2, 0.25) is 0 Å². The monoisotopic (exact) mass is 258 g/mol. The minimum absolute atomic E-state index is 0.819. The first-order valence-electron chi connectivity index (χ1n) is 6.07. The molecule has 2 aromatic rings. The highest BCUT2D eigenvalue weighted by atomic mass is 35.5. The average molecular weight is 259 g/mol. The van der Waals surface area contributed by atoms with E-state index in [0.29, 0.717) is 0 Å². The normalized spacial score (nSPS) is 13.6. The number of nitrogens with zero attached hydrogens (tertiary/aromatic N) is 1. The zero-order valence-corrected chi connectivity index (χ0v) is 11.0. The summed E-state index contributed by atoms with van der Waals surface area (Å²) in [6.45, 7) is 1.86. The van der Waals surface area contributed by atoms with Gasteiger partial charge in [-0.05, 0) is 35.4 Å². The predicted molar refractivity (Wildman–Crippen MR) is 77.3 cm³/mol. The lowest BCUT2D eigenvalue weighted by Gasteiger charge is -2.18. The Kier molecular flexibility index (Phi) is 2.88. The Morgan fingerprint density at radius 2 is 1.83 bits per heavy atom. The van der Waals surface area contributed by atoms with E-state index >= 15 is 0 Å². The van der Waals surface area contributed by atoms with Gasteiger partial charge >= 0.3 is 0 Å². The SMILES string of the molecule is CNc1ccc2c(c1)CN(c1ccccc1Cl)C2. The molecule has 0 saturated heterocycles. The number of rotatable bonds is 2. The third-order valence-electron chi connectivity index (χ3n) is 3.41. The number of fused-ring (bicyclic) bond motifs is 1. The van der Waals surface area contributed by atoms with E-state index in [1.165, 1.54) is 11.1 Å². The van der Waals surface area contributed by atoms with Crippen LogP contribution in [-0.2, 0) is 13.1 Å². The van der Waals surface area contributed by atoms with Gasteiger partial charge in [0.25, 0.3) is 0 Å². The van der Waals surface area contributed by atoms with Crippen molar-refractivity contribution in [3.63, 3.8) is 0 Å². The van der Waals surface area contributed by atoms with Crippen LogP contribution >= 0.6 is 11.6 Å². The van der Waals surface area contributed by atoms with Crippen LogP contribution in [0.4, 0.5) is 11.4 Å². The van der Waals surface area contributed by atoms with Crippen LogP contribution in [0, 0.1) is 0 Å². The minimum atomic E-state index is 0.819. The van der Waals surface area contributed by atoms with Crippen LogP contribution in [0.15, 0.2) is 42.5 Å². The van der Waals surface area contributed by atoms with Crippen molar-refractivity contribution in [1.29, 1.82) is 0 Å². The maximum Gasteiger partial charge on any atom is 0.0639 e. The summed E-state index contributed by atoms with van der Waals surface area (Å²) in [5.74, 6) is 0. The number of nitrogens with one attached hydrogen (secondary N) is 1. The highest BCUT2D eigenvalue weighted by Crippen LogP contribution is 2.33. The third-order valence-corrected chi connectivity index (χ3v) is 3.73. The fourth-order valence-electron chi connectivity index (χ4n) is 2.43. The maximum absolute atomic E-state index is 6.25. The second-order valence-corrected chi connectivity index (χ2v) is 4.95. The molecule has 1 heterocycles. The first kappa shape index (κ1) is 11.4. The molecule has 92 valence electrons. The second-order valence-electron chi connectivity index (χ2n) is 4.54. The van der Waals surface area contributed by atoms with Crippen LogP contribution in [0.25, 0.3) is 0 Å². The molecule has 0 bridgehead atoms. The molecule has 0 spiro atoms. The van der Waals surface area contributed by atoms with Gasteiger partial charge in [0, 0.05) is 25.8 Å². The summed E-state index contributed by atoms with van der Waals surface area (Å²) in [4.78, 5) is 2.31. The average Bonchev–Trinajstić information content (AvgIpc) is 2.81. The molecule has 1 N–H and O–H groups in total. The van der Waals surface area contributed by atoms with Gasteiger partial charge in [-0.25, -0.2) is 0 Å². The minimum Gasteiger partial charge on any atom is -0.388 e. The fraction of sp³-hybridized carbons (Fsp3) is 0.200. The first-order chi connectivity index (χ1) is 8.78. The van der Waals surface area contributed by atoms with E-state index in [-0.39, 0.29) is 0 Å². The van der Waals surface area contributed by atoms with Crippen LogP contribution in [0.5, 0.6) is 0 Å². The Hall–Kier alpha value is -1.67. The topological polar surface area (TPSA) is 15.3 Å². The zero-order valence-electron chi connectivity index (χ0n) is 10.3. The van der Waals surface area contributed by atoms with Gasteiger partial charge in [0.1, 0.15) is 0 Å². The zero-order chi connectivity index (χ0) is 12.5. The van der Waals surface area contributed by atoms with E-state index < -0.39 is 0 Å². The molecule has 0 aromatic heterocycles. The van der Waals surface area contributed by atoms with Crippen molar-refractivity contribution in [3.8, 4) is 0 Å². The maximum atomic E-state index is 6.25. The molecule has 1 aliphatic rings. The summed E-state index contributed by atoms with van der Waals surface area (Å²) in [5, 5.41) is 4.00. The van der Waals surface area contributed by atoms with Crippen molar-refractivity contribution in [2.45, 2.75) is 13.1 Å². The Morgan fingerprint density at radius 1 is 1.06 bits per heavy atom. The molecule has 0 aliphatic carbocycles. The number of halogens is 1. The number of para-hydroxylation sites is 1. The van der Waals surface area contributed by atoms with Crippen molar-refractivity contribution in [2.75, 3.05) is 17.3 Å². The molecule has 0 saturated carbocycles. The van der Waals surface area contributed by atoms with Gasteiger partial charge in [-0.1, -0.05) is 29.8 Å². The van der Waals surface area contributed by atoms with Crippen LogP contribution in [-0.4, -0.2) is 7.05 Å². The van der Waals surface area contributed by atoms with Gasteiger partial charge < -0.3 is 10.2 Å². The summed E-state index contributed by atoms with van der Waals surface area (Å²) in [6.07, 6.45) is 0. The summed E-state index contributed by atoms with van der Waals surface area (Å²) in [7, 11) is 1.95. The molecule has 3 rings (SSSR count). The predicted octanol–water partition coefficient (Wildman–Crippen LogP) is 3.90. The molecule has 0 radical (unpaired) electrons. The number of benzene rings is 2. The molecule has 2 nitrogen and oxygen atoms in total. The Labute approximate surface area is 112 Å². The van der Waals surface area contributed by atoms with E-state index in [1.54, 1.807) is 0 Å². The molecule has 18 heavy (non-hydrogen) atoms. The smallest absolute Gasteiger partial charge is 0.0639 e. The Morgan fingerprint density at radius 3 is 2.61 bits per heavy atom. The summed E-state index contributed by atoms with van der Waals surface area (Å²) in [5.41, 5.74) is 5.03. The van der Waals surface area contributed by atoms with E-state index in [1.807, 2.05) is 25.2 Å². The van der Waals surface area contributed by atoms with Gasteiger partial charge in [-0.3, -0.25) is 0 Å². The van der Waals surface area contributed by atoms with Crippen molar-refractivity contribution in [3.05, 3.63) is 58.6 Å². The van der Waals surface area contributed by atoms with Gasteiger partial charge in [0.05, 0.1) is 10.7 Å². The quantitative estimate of drug-likeness (QED) is 0.879. The highest BCUT2D eigenvalue weighted by Gasteiger charge is 2.20. The first-order valence-corrected chi connectivity index (χ1v) is 6.45. The lowest BCUT2D eigenvalue weighted by atomic mass is 10.1. The van der Waals surface area contributed by atoms with Crippen molar-refractivity contribution in [1.82, 2.24) is 0 Å². The Bertz CT molecular complexity index is 580. The molecular weight excluding hydrogens is 244 g/mol. The van der Waals surface area contributed by atoms with Crippen molar-refractivity contribution < 1.29 is 0 Å². The van der Waals surface area contributed by atoms with Gasteiger partial charge in [-0.15, -0.1) is 0 Å². The van der Waals surface area contributed by atoms with Gasteiger partial charge in [0.15, 0.2) is 0 Å².